The average Bonchev–Trinajstić information content (AvgIpc) is 3.82. The predicted octanol–water partition coefficient (Wildman–Crippen LogP) is 6.19. The Labute approximate surface area is 258 Å². The standard InChI is InChI=1S/2C16H15N3O2.Co/c2*1-12-15(11-17-10-14-8-5-9-21-14)16(20)19(18-12)13-6-3-2-4-7-13;/h2*2-9,11,20H,10H2,1H3;. The van der Waals surface area contributed by atoms with Crippen molar-refractivity contribution in [1.29, 1.82) is 0 Å². The van der Waals surface area contributed by atoms with Gasteiger partial charge < -0.3 is 19.0 Å². The van der Waals surface area contributed by atoms with Gasteiger partial charge in [-0.15, -0.1) is 0 Å². The molecular weight excluding hydrogens is 591 g/mol. The van der Waals surface area contributed by atoms with Gasteiger partial charge in [0.15, 0.2) is 0 Å². The first kappa shape index (κ1) is 30.8. The van der Waals surface area contributed by atoms with Crippen LogP contribution in [0.3, 0.4) is 0 Å². The van der Waals surface area contributed by atoms with Gasteiger partial charge in [-0.05, 0) is 62.4 Å². The molecule has 6 rings (SSSR count). The summed E-state index contributed by atoms with van der Waals surface area (Å²) in [7, 11) is 0. The number of nitrogens with zero attached hydrogens (tertiary/aromatic N) is 6. The Morgan fingerprint density at radius 3 is 1.37 bits per heavy atom. The van der Waals surface area contributed by atoms with Crippen LogP contribution in [-0.2, 0) is 29.9 Å². The smallest absolute Gasteiger partial charge is 0.223 e. The van der Waals surface area contributed by atoms with E-state index in [0.29, 0.717) is 24.2 Å². The van der Waals surface area contributed by atoms with Crippen LogP contribution < -0.4 is 0 Å². The van der Waals surface area contributed by atoms with Crippen LogP contribution in [0.4, 0.5) is 0 Å². The maximum absolute atomic E-state index is 10.3. The van der Waals surface area contributed by atoms with Crippen LogP contribution in [0.2, 0.25) is 0 Å². The van der Waals surface area contributed by atoms with Gasteiger partial charge in [0, 0.05) is 29.2 Å². The third-order valence-electron chi connectivity index (χ3n) is 6.26. The van der Waals surface area contributed by atoms with Crippen molar-refractivity contribution in [2.24, 2.45) is 9.98 Å². The van der Waals surface area contributed by atoms with Crippen LogP contribution in [0, 0.1) is 13.8 Å². The maximum atomic E-state index is 10.3. The summed E-state index contributed by atoms with van der Waals surface area (Å²) in [6.07, 6.45) is 6.47. The second-order valence-corrected chi connectivity index (χ2v) is 9.24. The van der Waals surface area contributed by atoms with Gasteiger partial charge >= 0.3 is 0 Å². The van der Waals surface area contributed by atoms with E-state index in [4.69, 9.17) is 8.83 Å². The van der Waals surface area contributed by atoms with Crippen LogP contribution in [0.25, 0.3) is 11.4 Å². The molecule has 2 aromatic carbocycles. The molecule has 221 valence electrons. The molecule has 0 aliphatic carbocycles. The van der Waals surface area contributed by atoms with Crippen LogP contribution in [-0.4, -0.2) is 42.2 Å². The summed E-state index contributed by atoms with van der Waals surface area (Å²) in [6.45, 7) is 4.55. The van der Waals surface area contributed by atoms with Crippen molar-refractivity contribution in [2.45, 2.75) is 26.9 Å². The minimum atomic E-state index is 0. The second kappa shape index (κ2) is 14.7. The SMILES string of the molecule is Cc1nn(-c2ccccc2)c(O)c1C=NCc1ccco1.Cc1nn(-c2ccccc2)c(O)c1C=NCc1ccco1.[Co]. The molecule has 0 saturated heterocycles. The molecule has 0 aliphatic rings. The number of furan rings is 2. The van der Waals surface area contributed by atoms with Crippen molar-refractivity contribution in [3.05, 3.63) is 131 Å². The van der Waals surface area contributed by atoms with Gasteiger partial charge in [0.1, 0.15) is 11.5 Å². The van der Waals surface area contributed by atoms with E-state index in [1.165, 1.54) is 9.36 Å². The van der Waals surface area contributed by atoms with Gasteiger partial charge in [-0.25, -0.2) is 9.36 Å². The van der Waals surface area contributed by atoms with Gasteiger partial charge in [0.05, 0.1) is 59.5 Å². The van der Waals surface area contributed by atoms with E-state index in [1.807, 2.05) is 98.8 Å². The first-order valence-electron chi connectivity index (χ1n) is 13.2. The van der Waals surface area contributed by atoms with E-state index in [0.717, 1.165) is 34.3 Å². The Kier molecular flexibility index (Phi) is 10.5. The minimum absolute atomic E-state index is 0. The largest absolute Gasteiger partial charge is 0.493 e. The maximum Gasteiger partial charge on any atom is 0.223 e. The molecule has 10 nitrogen and oxygen atoms in total. The van der Waals surface area contributed by atoms with Gasteiger partial charge in [-0.1, -0.05) is 36.4 Å². The summed E-state index contributed by atoms with van der Waals surface area (Å²) in [6, 6.07) is 26.3. The minimum Gasteiger partial charge on any atom is -0.493 e. The first-order valence-corrected chi connectivity index (χ1v) is 13.2. The van der Waals surface area contributed by atoms with Gasteiger partial charge in [0.2, 0.25) is 11.8 Å². The summed E-state index contributed by atoms with van der Waals surface area (Å²) in [4.78, 5) is 8.56. The van der Waals surface area contributed by atoms with Gasteiger partial charge in [0.25, 0.3) is 0 Å². The summed E-state index contributed by atoms with van der Waals surface area (Å²) in [5, 5.41) is 29.3. The van der Waals surface area contributed by atoms with Crippen LogP contribution >= 0.6 is 0 Å². The molecule has 0 atom stereocenters. The Morgan fingerprint density at radius 2 is 1.02 bits per heavy atom. The third-order valence-corrected chi connectivity index (χ3v) is 6.26. The third kappa shape index (κ3) is 7.59. The number of aryl methyl sites for hydroxylation is 2. The molecule has 43 heavy (non-hydrogen) atoms. The van der Waals surface area contributed by atoms with Crippen molar-refractivity contribution in [2.75, 3.05) is 0 Å². The molecule has 0 spiro atoms. The van der Waals surface area contributed by atoms with Crippen LogP contribution in [0.15, 0.2) is 116 Å². The number of hydrogen-bond donors (Lipinski definition) is 2. The van der Waals surface area contributed by atoms with Crippen molar-refractivity contribution < 1.29 is 35.8 Å². The van der Waals surface area contributed by atoms with Crippen LogP contribution in [0.5, 0.6) is 11.8 Å². The monoisotopic (exact) mass is 621 g/mol. The summed E-state index contributed by atoms with van der Waals surface area (Å²) >= 11 is 0. The number of para-hydroxylation sites is 2. The number of rotatable bonds is 8. The molecule has 6 aromatic rings. The fraction of sp³-hybridized carbons (Fsp3) is 0.125. The van der Waals surface area contributed by atoms with E-state index < -0.39 is 0 Å². The van der Waals surface area contributed by atoms with Crippen molar-refractivity contribution in [3.8, 4) is 23.1 Å². The fourth-order valence-corrected chi connectivity index (χ4v) is 4.11. The van der Waals surface area contributed by atoms with Crippen molar-refractivity contribution in [3.63, 3.8) is 0 Å². The van der Waals surface area contributed by atoms with E-state index in [2.05, 4.69) is 20.2 Å². The number of hydrogen-bond acceptors (Lipinski definition) is 8. The molecule has 0 saturated carbocycles. The predicted molar refractivity (Wildman–Crippen MR) is 160 cm³/mol. The van der Waals surface area contributed by atoms with E-state index in [1.54, 1.807) is 25.0 Å². The molecule has 2 N–H and O–H groups in total. The first-order chi connectivity index (χ1) is 20.5. The van der Waals surface area contributed by atoms with E-state index >= 15 is 0 Å². The molecule has 4 aromatic heterocycles. The normalized spacial score (nSPS) is 11.0. The molecule has 11 heteroatoms. The van der Waals surface area contributed by atoms with Gasteiger partial charge in [-0.3, -0.25) is 9.98 Å². The summed E-state index contributed by atoms with van der Waals surface area (Å²) < 4.78 is 13.4. The molecule has 4 heterocycles. The van der Waals surface area contributed by atoms with E-state index in [9.17, 15) is 10.2 Å². The Balaban J connectivity index is 0.000000192. The Morgan fingerprint density at radius 1 is 0.628 bits per heavy atom. The Hall–Kier alpha value is -5.13. The number of aromatic nitrogens is 4. The fourth-order valence-electron chi connectivity index (χ4n) is 4.11. The molecule has 0 aliphatic heterocycles. The quantitative estimate of drug-likeness (QED) is 0.195. The molecule has 0 unspecified atom stereocenters. The van der Waals surface area contributed by atoms with Gasteiger partial charge in [-0.2, -0.15) is 10.2 Å². The Bertz CT molecular complexity index is 1630. The zero-order valence-corrected chi connectivity index (χ0v) is 24.6. The van der Waals surface area contributed by atoms with Crippen LogP contribution in [0.1, 0.15) is 34.0 Å². The number of aliphatic imine (C=N–C) groups is 2. The molecular formula is C32H30CoN6O4. The molecule has 0 bridgehead atoms. The topological polar surface area (TPSA) is 127 Å². The zero-order valence-electron chi connectivity index (χ0n) is 23.5. The van der Waals surface area contributed by atoms with E-state index in [-0.39, 0.29) is 28.5 Å². The molecule has 0 amide bonds. The second-order valence-electron chi connectivity index (χ2n) is 9.24. The average molecular weight is 622 g/mol. The molecule has 0 fully saturated rings. The number of benzene rings is 2. The molecule has 1 radical (unpaired) electrons. The summed E-state index contributed by atoms with van der Waals surface area (Å²) in [5.74, 6) is 1.72. The van der Waals surface area contributed by atoms with Crippen molar-refractivity contribution >= 4 is 12.4 Å². The number of aromatic hydroxyl groups is 2. The zero-order chi connectivity index (χ0) is 29.3. The summed E-state index contributed by atoms with van der Waals surface area (Å²) in [5.41, 5.74) is 4.29. The van der Waals surface area contributed by atoms with Crippen molar-refractivity contribution in [1.82, 2.24) is 19.6 Å².